The van der Waals surface area contributed by atoms with Gasteiger partial charge in [-0.2, -0.15) is 4.98 Å². The fourth-order valence-electron chi connectivity index (χ4n) is 4.53. The lowest BCUT2D eigenvalue weighted by Crippen LogP contribution is -2.40. The topological polar surface area (TPSA) is 113 Å². The van der Waals surface area contributed by atoms with Gasteiger partial charge in [0.05, 0.1) is 21.8 Å². The van der Waals surface area contributed by atoms with Crippen LogP contribution in [-0.4, -0.2) is 61.0 Å². The van der Waals surface area contributed by atoms with Gasteiger partial charge in [-0.25, -0.2) is 13.4 Å². The summed E-state index contributed by atoms with van der Waals surface area (Å²) in [5.74, 6) is 1.25. The van der Waals surface area contributed by atoms with Crippen molar-refractivity contribution in [1.82, 2.24) is 9.97 Å². The average Bonchev–Trinajstić information content (AvgIpc) is 3.12. The summed E-state index contributed by atoms with van der Waals surface area (Å²) in [6, 6.07) is 13.1. The summed E-state index contributed by atoms with van der Waals surface area (Å²) in [6.07, 6.45) is 0.575. The van der Waals surface area contributed by atoms with Gasteiger partial charge in [-0.3, -0.25) is 0 Å². The van der Waals surface area contributed by atoms with Crippen molar-refractivity contribution in [3.05, 3.63) is 53.6 Å². The highest BCUT2D eigenvalue weighted by Gasteiger charge is 2.36. The molecule has 0 bridgehead atoms. The van der Waals surface area contributed by atoms with Crippen molar-refractivity contribution in [1.29, 1.82) is 0 Å². The molecular formula is C23H27N5O3S. The van der Waals surface area contributed by atoms with E-state index in [1.54, 1.807) is 12.1 Å². The van der Waals surface area contributed by atoms with Crippen LogP contribution in [0.3, 0.4) is 0 Å². The molecule has 3 aromatic rings. The molecule has 1 saturated heterocycles. The number of hydrogen-bond donors (Lipinski definition) is 2. The smallest absolute Gasteiger partial charge is 0.228 e. The van der Waals surface area contributed by atoms with Crippen molar-refractivity contribution in [3.8, 4) is 0 Å². The molecule has 32 heavy (non-hydrogen) atoms. The van der Waals surface area contributed by atoms with Crippen molar-refractivity contribution in [2.24, 2.45) is 5.73 Å². The van der Waals surface area contributed by atoms with Crippen LogP contribution in [0.1, 0.15) is 17.5 Å². The van der Waals surface area contributed by atoms with Crippen molar-refractivity contribution in [3.63, 3.8) is 0 Å². The first-order valence-electron chi connectivity index (χ1n) is 10.8. The minimum Gasteiger partial charge on any atom is -0.387 e. The number of aromatic nitrogens is 2. The Morgan fingerprint density at radius 2 is 1.94 bits per heavy atom. The highest BCUT2D eigenvalue weighted by molar-refractivity contribution is 7.91. The number of hydrogen-bond acceptors (Lipinski definition) is 8. The maximum absolute atomic E-state index is 12.8. The van der Waals surface area contributed by atoms with Gasteiger partial charge in [-0.05, 0) is 37.1 Å². The van der Waals surface area contributed by atoms with Gasteiger partial charge in [-0.1, -0.05) is 29.8 Å². The van der Waals surface area contributed by atoms with Gasteiger partial charge in [0.1, 0.15) is 5.82 Å². The van der Waals surface area contributed by atoms with Gasteiger partial charge in [0.2, 0.25) is 5.95 Å². The summed E-state index contributed by atoms with van der Waals surface area (Å²) in [4.78, 5) is 14.1. The molecule has 1 atom stereocenters. The first-order chi connectivity index (χ1) is 15.3. The SMILES string of the molecule is Cc1ccc2nc(N3CCS(=O)(=O)c4ccccc4C3)nc(N3CCC(O)(CN)C3)c2c1. The van der Waals surface area contributed by atoms with E-state index < -0.39 is 15.4 Å². The van der Waals surface area contributed by atoms with Crippen molar-refractivity contribution in [2.45, 2.75) is 30.4 Å². The molecule has 2 aliphatic rings. The summed E-state index contributed by atoms with van der Waals surface area (Å²) in [6.45, 7) is 3.98. The molecular weight excluding hydrogens is 426 g/mol. The third-order valence-corrected chi connectivity index (χ3v) is 8.20. The summed E-state index contributed by atoms with van der Waals surface area (Å²) in [5.41, 5.74) is 7.51. The highest BCUT2D eigenvalue weighted by Crippen LogP contribution is 2.33. The lowest BCUT2D eigenvalue weighted by Gasteiger charge is -2.26. The van der Waals surface area contributed by atoms with Gasteiger partial charge >= 0.3 is 0 Å². The summed E-state index contributed by atoms with van der Waals surface area (Å²) in [7, 11) is -3.37. The number of nitrogens with zero attached hydrogens (tertiary/aromatic N) is 4. The van der Waals surface area contributed by atoms with Crippen LogP contribution in [0.5, 0.6) is 0 Å². The molecule has 168 valence electrons. The molecule has 1 fully saturated rings. The van der Waals surface area contributed by atoms with E-state index in [0.717, 1.165) is 27.8 Å². The number of nitrogens with two attached hydrogens (primary N) is 1. The minimum absolute atomic E-state index is 0.00524. The molecule has 0 aliphatic carbocycles. The highest BCUT2D eigenvalue weighted by atomic mass is 32.2. The van der Waals surface area contributed by atoms with Crippen molar-refractivity contribution >= 4 is 32.5 Å². The molecule has 0 radical (unpaired) electrons. The van der Waals surface area contributed by atoms with Crippen LogP contribution >= 0.6 is 0 Å². The molecule has 1 aromatic heterocycles. The van der Waals surface area contributed by atoms with Gasteiger partial charge in [0.15, 0.2) is 9.84 Å². The Morgan fingerprint density at radius 3 is 2.72 bits per heavy atom. The minimum atomic E-state index is -3.37. The monoisotopic (exact) mass is 453 g/mol. The predicted molar refractivity (Wildman–Crippen MR) is 125 cm³/mol. The fraction of sp³-hybridized carbons (Fsp3) is 0.391. The standard InChI is InChI=1S/C23H27N5O3S/c1-16-6-7-19-18(12-16)21(28-9-8-23(29,14-24)15-28)26-22(25-19)27-10-11-32(30,31)20-5-3-2-4-17(20)13-27/h2-7,12,29H,8-11,13-15,24H2,1H3. The van der Waals surface area contributed by atoms with E-state index in [4.69, 9.17) is 15.7 Å². The largest absolute Gasteiger partial charge is 0.387 e. The van der Waals surface area contributed by atoms with E-state index in [0.29, 0.717) is 43.4 Å². The Labute approximate surface area is 187 Å². The molecule has 0 amide bonds. The van der Waals surface area contributed by atoms with E-state index in [9.17, 15) is 13.5 Å². The zero-order chi connectivity index (χ0) is 22.5. The molecule has 1 unspecified atom stereocenters. The molecule has 0 saturated carbocycles. The van der Waals surface area contributed by atoms with Crippen LogP contribution in [0.4, 0.5) is 11.8 Å². The maximum atomic E-state index is 12.8. The van der Waals surface area contributed by atoms with E-state index >= 15 is 0 Å². The van der Waals surface area contributed by atoms with E-state index in [2.05, 4.69) is 11.0 Å². The third kappa shape index (κ3) is 3.70. The fourth-order valence-corrected chi connectivity index (χ4v) is 6.03. The average molecular weight is 454 g/mol. The van der Waals surface area contributed by atoms with Crippen LogP contribution in [0.2, 0.25) is 0 Å². The third-order valence-electron chi connectivity index (χ3n) is 6.41. The Morgan fingerprint density at radius 1 is 1.12 bits per heavy atom. The molecule has 2 aromatic carbocycles. The Bertz CT molecular complexity index is 1300. The zero-order valence-electron chi connectivity index (χ0n) is 18.0. The Hall–Kier alpha value is -2.75. The number of sulfone groups is 1. The van der Waals surface area contributed by atoms with E-state index in [1.807, 2.05) is 36.1 Å². The van der Waals surface area contributed by atoms with Gasteiger partial charge in [0.25, 0.3) is 0 Å². The van der Waals surface area contributed by atoms with Gasteiger partial charge in [0, 0.05) is 38.1 Å². The van der Waals surface area contributed by atoms with E-state index in [-0.39, 0.29) is 12.3 Å². The van der Waals surface area contributed by atoms with Crippen LogP contribution in [0.15, 0.2) is 47.4 Å². The predicted octanol–water partition coefficient (Wildman–Crippen LogP) is 1.63. The van der Waals surface area contributed by atoms with Crippen LogP contribution in [-0.2, 0) is 16.4 Å². The number of β-amino-alcohol motifs (C(OH)–C–C–N with tert-alkyl or cyclic N) is 1. The zero-order valence-corrected chi connectivity index (χ0v) is 18.8. The van der Waals surface area contributed by atoms with E-state index in [1.165, 1.54) is 0 Å². The van der Waals surface area contributed by atoms with Gasteiger partial charge in [-0.15, -0.1) is 0 Å². The van der Waals surface area contributed by atoms with Crippen molar-refractivity contribution < 1.29 is 13.5 Å². The second-order valence-electron chi connectivity index (χ2n) is 8.82. The molecule has 3 heterocycles. The lowest BCUT2D eigenvalue weighted by molar-refractivity contribution is 0.0725. The molecule has 5 rings (SSSR count). The number of aryl methyl sites for hydroxylation is 1. The number of anilines is 2. The first kappa shape index (κ1) is 21.1. The summed E-state index contributed by atoms with van der Waals surface area (Å²) >= 11 is 0. The summed E-state index contributed by atoms with van der Waals surface area (Å²) in [5, 5.41) is 11.6. The second kappa shape index (κ2) is 7.68. The number of rotatable bonds is 3. The quantitative estimate of drug-likeness (QED) is 0.615. The normalized spacial score (nSPS) is 22.7. The lowest BCUT2D eigenvalue weighted by atomic mass is 10.0. The number of benzene rings is 2. The summed E-state index contributed by atoms with van der Waals surface area (Å²) < 4.78 is 25.6. The maximum Gasteiger partial charge on any atom is 0.228 e. The number of aliphatic hydroxyl groups is 1. The number of fused-ring (bicyclic) bond motifs is 2. The van der Waals surface area contributed by atoms with Crippen molar-refractivity contribution in [2.75, 3.05) is 41.7 Å². The second-order valence-corrected chi connectivity index (χ2v) is 10.9. The van der Waals surface area contributed by atoms with Crippen LogP contribution in [0.25, 0.3) is 10.9 Å². The first-order valence-corrected chi connectivity index (χ1v) is 12.4. The Kier molecular flexibility index (Phi) is 5.07. The molecule has 3 N–H and O–H groups in total. The molecule has 2 aliphatic heterocycles. The van der Waals surface area contributed by atoms with Gasteiger partial charge < -0.3 is 20.6 Å². The molecule has 8 nitrogen and oxygen atoms in total. The molecule has 9 heteroatoms. The molecule has 0 spiro atoms. The van der Waals surface area contributed by atoms with Crippen LogP contribution < -0.4 is 15.5 Å². The Balaban J connectivity index is 1.61. The van der Waals surface area contributed by atoms with Crippen LogP contribution in [0, 0.1) is 6.92 Å².